The number of pyridine rings is 1. The molecule has 0 saturated carbocycles. The van der Waals surface area contributed by atoms with Crippen LogP contribution in [-0.4, -0.2) is 29.1 Å². The monoisotopic (exact) mass is 668 g/mol. The summed E-state index contributed by atoms with van der Waals surface area (Å²) in [7, 11) is 0. The summed E-state index contributed by atoms with van der Waals surface area (Å²) in [6.07, 6.45) is 1.87. The molecule has 0 bridgehead atoms. The Kier molecular flexibility index (Phi) is 6.83. The van der Waals surface area contributed by atoms with E-state index in [1.807, 2.05) is 12.3 Å². The zero-order valence-corrected chi connectivity index (χ0v) is 28.7. The molecule has 6 heteroatoms. The fraction of sp³-hybridized carbons (Fsp3) is 0.0435. The van der Waals surface area contributed by atoms with Crippen molar-refractivity contribution in [1.29, 1.82) is 0 Å². The molecule has 0 saturated heterocycles. The zero-order valence-electron chi connectivity index (χ0n) is 28.7. The van der Waals surface area contributed by atoms with Crippen molar-refractivity contribution in [2.75, 3.05) is 0 Å². The van der Waals surface area contributed by atoms with Gasteiger partial charge in [-0.25, -0.2) is 19.9 Å². The minimum atomic E-state index is 0.630. The molecule has 10 aromatic rings. The highest BCUT2D eigenvalue weighted by Crippen LogP contribution is 2.38. The number of aryl methyl sites for hydroxylation is 2. The van der Waals surface area contributed by atoms with E-state index in [2.05, 4.69) is 169 Å². The van der Waals surface area contributed by atoms with Gasteiger partial charge in [0.2, 0.25) is 0 Å². The summed E-state index contributed by atoms with van der Waals surface area (Å²) in [5, 5.41) is 4.63. The van der Waals surface area contributed by atoms with Gasteiger partial charge in [-0.3, -0.25) is 4.57 Å². The topological polar surface area (TPSA) is 61.4 Å². The van der Waals surface area contributed by atoms with Crippen LogP contribution in [-0.2, 0) is 0 Å². The molecular weight excluding hydrogens is 637 g/mol. The minimum absolute atomic E-state index is 0.630. The van der Waals surface area contributed by atoms with E-state index in [1.54, 1.807) is 0 Å². The Labute approximate surface area is 300 Å². The van der Waals surface area contributed by atoms with E-state index in [0.29, 0.717) is 17.5 Å². The van der Waals surface area contributed by atoms with Gasteiger partial charge in [-0.05, 0) is 68.4 Å². The molecule has 0 atom stereocenters. The van der Waals surface area contributed by atoms with Gasteiger partial charge >= 0.3 is 0 Å². The third-order valence-electron chi connectivity index (χ3n) is 9.97. The number of hydrogen-bond donors (Lipinski definition) is 0. The minimum Gasteiger partial charge on any atom is -0.309 e. The third-order valence-corrected chi connectivity index (χ3v) is 9.97. The number of para-hydroxylation sites is 2. The first-order valence-corrected chi connectivity index (χ1v) is 17.5. The van der Waals surface area contributed by atoms with E-state index < -0.39 is 0 Å². The molecule has 10 rings (SSSR count). The Hall–Kier alpha value is -6.92. The summed E-state index contributed by atoms with van der Waals surface area (Å²) in [5.74, 6) is 1.92. The molecule has 0 aliphatic carbocycles. The lowest BCUT2D eigenvalue weighted by atomic mass is 10.1. The van der Waals surface area contributed by atoms with Crippen LogP contribution >= 0.6 is 0 Å². The van der Waals surface area contributed by atoms with Crippen molar-refractivity contribution < 1.29 is 0 Å². The average Bonchev–Trinajstić information content (AvgIpc) is 3.71. The average molecular weight is 669 g/mol. The van der Waals surface area contributed by atoms with Gasteiger partial charge < -0.3 is 4.57 Å². The molecule has 0 spiro atoms. The summed E-state index contributed by atoms with van der Waals surface area (Å²) in [6, 6.07) is 53.2. The fourth-order valence-corrected chi connectivity index (χ4v) is 7.37. The predicted molar refractivity (Wildman–Crippen MR) is 212 cm³/mol. The van der Waals surface area contributed by atoms with Gasteiger partial charge in [0, 0.05) is 55.8 Å². The second kappa shape index (κ2) is 11.9. The highest BCUT2D eigenvalue weighted by molar-refractivity contribution is 6.12. The summed E-state index contributed by atoms with van der Waals surface area (Å²) < 4.78 is 4.61. The standard InChI is InChI=1S/C46H32N6/c1-29-14-18-31(19-15-29)43-48-44(32-20-16-30(2)17-21-32)50-45(49-43)33-22-24-37-39-28-35(23-25-41(39)51(42(37)27-33)34-9-4-3-5-10-34)52-40-13-7-6-11-36(40)38-12-8-26-47-46(38)52/h3-28H,1-2H3. The molecule has 246 valence electrons. The van der Waals surface area contributed by atoms with Crippen molar-refractivity contribution in [3.8, 4) is 45.5 Å². The number of aromatic nitrogens is 6. The van der Waals surface area contributed by atoms with Crippen LogP contribution in [0.5, 0.6) is 0 Å². The molecule has 0 unspecified atom stereocenters. The van der Waals surface area contributed by atoms with Gasteiger partial charge in [0.05, 0.1) is 16.6 Å². The molecule has 4 heterocycles. The lowest BCUT2D eigenvalue weighted by molar-refractivity contribution is 1.07. The number of rotatable bonds is 5. The Bertz CT molecular complexity index is 2840. The highest BCUT2D eigenvalue weighted by atomic mass is 15.1. The van der Waals surface area contributed by atoms with Gasteiger partial charge in [-0.1, -0.05) is 108 Å². The van der Waals surface area contributed by atoms with Crippen LogP contribution in [0.15, 0.2) is 158 Å². The lowest BCUT2D eigenvalue weighted by Gasteiger charge is -2.11. The van der Waals surface area contributed by atoms with Crippen molar-refractivity contribution in [1.82, 2.24) is 29.1 Å². The number of nitrogens with zero attached hydrogens (tertiary/aromatic N) is 6. The van der Waals surface area contributed by atoms with Crippen LogP contribution in [0.4, 0.5) is 0 Å². The SMILES string of the molecule is Cc1ccc(-c2nc(-c3ccc(C)cc3)nc(-c3ccc4c5cc(-n6c7ccccc7c7cccnc76)ccc5n(-c5ccccc5)c4c3)n2)cc1. The van der Waals surface area contributed by atoms with E-state index in [4.69, 9.17) is 19.9 Å². The van der Waals surface area contributed by atoms with Gasteiger partial charge in [-0.2, -0.15) is 0 Å². The van der Waals surface area contributed by atoms with E-state index in [1.165, 1.54) is 16.5 Å². The van der Waals surface area contributed by atoms with Crippen molar-refractivity contribution >= 4 is 43.7 Å². The van der Waals surface area contributed by atoms with E-state index >= 15 is 0 Å². The predicted octanol–water partition coefficient (Wildman–Crippen LogP) is 11.1. The largest absolute Gasteiger partial charge is 0.309 e. The second-order valence-electron chi connectivity index (χ2n) is 13.4. The molecule has 0 radical (unpaired) electrons. The summed E-state index contributed by atoms with van der Waals surface area (Å²) >= 11 is 0. The summed E-state index contributed by atoms with van der Waals surface area (Å²) in [4.78, 5) is 20.0. The van der Waals surface area contributed by atoms with Crippen LogP contribution in [0.25, 0.3) is 89.3 Å². The maximum Gasteiger partial charge on any atom is 0.164 e. The molecule has 4 aromatic heterocycles. The van der Waals surface area contributed by atoms with E-state index in [9.17, 15) is 0 Å². The molecule has 6 aromatic carbocycles. The molecular formula is C46H32N6. The molecule has 0 amide bonds. The van der Waals surface area contributed by atoms with Crippen LogP contribution in [0.3, 0.4) is 0 Å². The number of hydrogen-bond acceptors (Lipinski definition) is 4. The number of fused-ring (bicyclic) bond motifs is 6. The Balaban J connectivity index is 1.21. The molecule has 0 aliphatic heterocycles. The maximum absolute atomic E-state index is 5.07. The maximum atomic E-state index is 5.07. The van der Waals surface area contributed by atoms with Gasteiger partial charge in [-0.15, -0.1) is 0 Å². The van der Waals surface area contributed by atoms with Crippen molar-refractivity contribution in [2.45, 2.75) is 13.8 Å². The molecule has 52 heavy (non-hydrogen) atoms. The Morgan fingerprint density at radius 2 is 0.962 bits per heavy atom. The summed E-state index contributed by atoms with van der Waals surface area (Å²) in [5.41, 5.74) is 11.6. The molecule has 0 N–H and O–H groups in total. The van der Waals surface area contributed by atoms with E-state index in [-0.39, 0.29) is 0 Å². The molecule has 0 aliphatic rings. The van der Waals surface area contributed by atoms with Crippen molar-refractivity contribution in [3.63, 3.8) is 0 Å². The van der Waals surface area contributed by atoms with Gasteiger partial charge in [0.15, 0.2) is 17.5 Å². The van der Waals surface area contributed by atoms with Gasteiger partial charge in [0.25, 0.3) is 0 Å². The first-order valence-electron chi connectivity index (χ1n) is 17.5. The third kappa shape index (κ3) is 4.88. The number of benzene rings is 6. The Morgan fingerprint density at radius 3 is 1.67 bits per heavy atom. The van der Waals surface area contributed by atoms with Crippen molar-refractivity contribution in [3.05, 3.63) is 169 Å². The van der Waals surface area contributed by atoms with Gasteiger partial charge in [0.1, 0.15) is 5.65 Å². The molecule has 6 nitrogen and oxygen atoms in total. The van der Waals surface area contributed by atoms with Crippen LogP contribution in [0.1, 0.15) is 11.1 Å². The fourth-order valence-electron chi connectivity index (χ4n) is 7.37. The van der Waals surface area contributed by atoms with E-state index in [0.717, 1.165) is 66.4 Å². The first-order chi connectivity index (χ1) is 25.6. The Morgan fingerprint density at radius 1 is 0.385 bits per heavy atom. The normalized spacial score (nSPS) is 11.7. The highest BCUT2D eigenvalue weighted by Gasteiger charge is 2.19. The van der Waals surface area contributed by atoms with Crippen LogP contribution < -0.4 is 0 Å². The van der Waals surface area contributed by atoms with Crippen LogP contribution in [0, 0.1) is 13.8 Å². The quantitative estimate of drug-likeness (QED) is 0.183. The second-order valence-corrected chi connectivity index (χ2v) is 13.4. The first kappa shape index (κ1) is 29.9. The lowest BCUT2D eigenvalue weighted by Crippen LogP contribution is -2.00. The summed E-state index contributed by atoms with van der Waals surface area (Å²) in [6.45, 7) is 4.17. The van der Waals surface area contributed by atoms with Crippen molar-refractivity contribution in [2.24, 2.45) is 0 Å². The zero-order chi connectivity index (χ0) is 34.8. The van der Waals surface area contributed by atoms with Crippen LogP contribution in [0.2, 0.25) is 0 Å². The molecule has 0 fully saturated rings. The smallest absolute Gasteiger partial charge is 0.164 e.